The minimum absolute atomic E-state index is 0.149. The molecule has 0 aliphatic carbocycles. The Labute approximate surface area is 196 Å². The van der Waals surface area contributed by atoms with Gasteiger partial charge in [0, 0.05) is 31.1 Å². The standard InChI is InChI=1S/C22H25N3O4S3/c1-30-18-8-5-9-19-21(18)23-22(31-19)25(11-10-24-12-14-29-15-13-24)20(26)16-32(27,28)17-6-3-2-4-7-17/h2-9H,10-16H2,1H3. The maximum atomic E-state index is 13.3. The monoisotopic (exact) mass is 491 g/mol. The number of benzene rings is 2. The highest BCUT2D eigenvalue weighted by molar-refractivity contribution is 7.98. The van der Waals surface area contributed by atoms with Gasteiger partial charge in [-0.3, -0.25) is 14.6 Å². The van der Waals surface area contributed by atoms with Crippen molar-refractivity contribution in [1.82, 2.24) is 9.88 Å². The van der Waals surface area contributed by atoms with Crippen LogP contribution in [0, 0.1) is 0 Å². The van der Waals surface area contributed by atoms with Crippen LogP contribution in [0.25, 0.3) is 10.2 Å². The third-order valence-corrected chi connectivity index (χ3v) is 8.71. The Morgan fingerprint density at radius 1 is 1.16 bits per heavy atom. The van der Waals surface area contributed by atoms with Gasteiger partial charge in [0.1, 0.15) is 5.75 Å². The zero-order valence-electron chi connectivity index (χ0n) is 17.8. The van der Waals surface area contributed by atoms with Crippen molar-refractivity contribution in [2.45, 2.75) is 9.79 Å². The number of carbonyl (C=O) groups excluding carboxylic acids is 1. The number of hydrogen-bond acceptors (Lipinski definition) is 8. The van der Waals surface area contributed by atoms with Crippen molar-refractivity contribution < 1.29 is 17.9 Å². The van der Waals surface area contributed by atoms with Crippen LogP contribution in [0.2, 0.25) is 0 Å². The molecular formula is C22H25N3O4S3. The minimum Gasteiger partial charge on any atom is -0.379 e. The maximum Gasteiger partial charge on any atom is 0.244 e. The van der Waals surface area contributed by atoms with Crippen molar-refractivity contribution in [3.8, 4) is 0 Å². The van der Waals surface area contributed by atoms with Gasteiger partial charge in [0.15, 0.2) is 15.0 Å². The van der Waals surface area contributed by atoms with Crippen molar-refractivity contribution in [3.63, 3.8) is 0 Å². The third-order valence-electron chi connectivity index (χ3n) is 5.28. The molecule has 2 aromatic carbocycles. The smallest absolute Gasteiger partial charge is 0.244 e. The Kier molecular flexibility index (Phi) is 7.47. The van der Waals surface area contributed by atoms with Gasteiger partial charge in [-0.2, -0.15) is 0 Å². The summed E-state index contributed by atoms with van der Waals surface area (Å²) in [5.41, 5.74) is 0.843. The van der Waals surface area contributed by atoms with E-state index in [0.29, 0.717) is 31.4 Å². The predicted molar refractivity (Wildman–Crippen MR) is 130 cm³/mol. The lowest BCUT2D eigenvalue weighted by Gasteiger charge is -2.29. The van der Waals surface area contributed by atoms with E-state index in [1.54, 1.807) is 30.0 Å². The molecule has 0 N–H and O–H groups in total. The van der Waals surface area contributed by atoms with Gasteiger partial charge < -0.3 is 4.74 Å². The number of sulfone groups is 1. The Hall–Kier alpha value is -1.98. The van der Waals surface area contributed by atoms with E-state index < -0.39 is 21.5 Å². The van der Waals surface area contributed by atoms with Gasteiger partial charge in [0.2, 0.25) is 5.91 Å². The molecule has 0 bridgehead atoms. The SMILES string of the molecule is CSc1cccc2sc(N(CCN3CCOCC3)C(=O)CS(=O)(=O)c3ccccc3)nc12. The molecule has 4 rings (SSSR count). The number of hydrogen-bond donors (Lipinski definition) is 0. The normalized spacial score (nSPS) is 15.2. The zero-order valence-corrected chi connectivity index (χ0v) is 20.2. The largest absolute Gasteiger partial charge is 0.379 e. The van der Waals surface area contributed by atoms with Gasteiger partial charge in [-0.15, -0.1) is 11.8 Å². The topological polar surface area (TPSA) is 79.8 Å². The highest BCUT2D eigenvalue weighted by Gasteiger charge is 2.27. The minimum atomic E-state index is -3.75. The molecule has 3 aromatic rings. The van der Waals surface area contributed by atoms with E-state index in [1.165, 1.54) is 28.4 Å². The van der Waals surface area contributed by atoms with E-state index in [2.05, 4.69) is 4.90 Å². The Morgan fingerprint density at radius 3 is 2.62 bits per heavy atom. The first-order valence-corrected chi connectivity index (χ1v) is 14.0. The lowest BCUT2D eigenvalue weighted by atomic mass is 10.3. The molecule has 7 nitrogen and oxygen atoms in total. The second kappa shape index (κ2) is 10.3. The summed E-state index contributed by atoms with van der Waals surface area (Å²) in [6.07, 6.45) is 1.99. The van der Waals surface area contributed by atoms with Crippen LogP contribution in [0.1, 0.15) is 0 Å². The lowest BCUT2D eigenvalue weighted by molar-refractivity contribution is -0.116. The van der Waals surface area contributed by atoms with Crippen LogP contribution in [0.3, 0.4) is 0 Å². The number of aromatic nitrogens is 1. The van der Waals surface area contributed by atoms with Crippen molar-refractivity contribution >= 4 is 54.2 Å². The number of nitrogens with zero attached hydrogens (tertiary/aromatic N) is 3. The first kappa shape index (κ1) is 23.2. The highest BCUT2D eigenvalue weighted by atomic mass is 32.2. The highest BCUT2D eigenvalue weighted by Crippen LogP contribution is 2.34. The first-order chi connectivity index (χ1) is 15.5. The van der Waals surface area contributed by atoms with E-state index in [0.717, 1.165) is 28.2 Å². The molecule has 0 saturated carbocycles. The molecule has 0 spiro atoms. The molecule has 0 atom stereocenters. The molecule has 0 unspecified atom stereocenters. The molecule has 2 heterocycles. The van der Waals surface area contributed by atoms with E-state index in [1.807, 2.05) is 24.5 Å². The van der Waals surface area contributed by atoms with Crippen molar-refractivity contribution in [3.05, 3.63) is 48.5 Å². The molecule has 1 aromatic heterocycles. The number of fused-ring (bicyclic) bond motifs is 1. The summed E-state index contributed by atoms with van der Waals surface area (Å²) in [6.45, 7) is 3.91. The molecular weight excluding hydrogens is 466 g/mol. The van der Waals surface area contributed by atoms with E-state index in [-0.39, 0.29) is 4.90 Å². The number of thioether (sulfide) groups is 1. The van der Waals surface area contributed by atoms with Crippen LogP contribution >= 0.6 is 23.1 Å². The van der Waals surface area contributed by atoms with Crippen LogP contribution in [0.15, 0.2) is 58.3 Å². The molecule has 10 heteroatoms. The van der Waals surface area contributed by atoms with E-state index in [9.17, 15) is 13.2 Å². The van der Waals surface area contributed by atoms with Gasteiger partial charge in [-0.25, -0.2) is 13.4 Å². The molecule has 1 saturated heterocycles. The quantitative estimate of drug-likeness (QED) is 0.448. The second-order valence-electron chi connectivity index (χ2n) is 7.37. The number of morpholine rings is 1. The number of carbonyl (C=O) groups is 1. The van der Waals surface area contributed by atoms with Crippen molar-refractivity contribution in [2.24, 2.45) is 0 Å². The Balaban J connectivity index is 1.62. The van der Waals surface area contributed by atoms with Gasteiger partial charge in [-0.1, -0.05) is 35.6 Å². The summed E-state index contributed by atoms with van der Waals surface area (Å²) >= 11 is 3.01. The summed E-state index contributed by atoms with van der Waals surface area (Å²) in [5, 5.41) is 0.531. The van der Waals surface area contributed by atoms with Crippen LogP contribution in [0.5, 0.6) is 0 Å². The number of amides is 1. The first-order valence-electron chi connectivity index (χ1n) is 10.3. The van der Waals surface area contributed by atoms with E-state index in [4.69, 9.17) is 9.72 Å². The summed E-state index contributed by atoms with van der Waals surface area (Å²) in [4.78, 5) is 23.0. The Bertz CT molecular complexity index is 1180. The average Bonchev–Trinajstić information content (AvgIpc) is 3.24. The van der Waals surface area contributed by atoms with Crippen LogP contribution < -0.4 is 4.90 Å². The number of para-hydroxylation sites is 1. The molecule has 1 fully saturated rings. The molecule has 1 aliphatic heterocycles. The molecule has 170 valence electrons. The van der Waals surface area contributed by atoms with Crippen molar-refractivity contribution in [2.75, 3.05) is 56.3 Å². The van der Waals surface area contributed by atoms with Gasteiger partial charge in [0.05, 0.1) is 28.3 Å². The molecule has 32 heavy (non-hydrogen) atoms. The fraction of sp³-hybridized carbons (Fsp3) is 0.364. The van der Waals surface area contributed by atoms with Crippen LogP contribution in [-0.4, -0.2) is 75.6 Å². The van der Waals surface area contributed by atoms with Crippen LogP contribution in [-0.2, 0) is 19.4 Å². The fourth-order valence-corrected chi connectivity index (χ4v) is 6.42. The van der Waals surface area contributed by atoms with Crippen LogP contribution in [0.4, 0.5) is 5.13 Å². The third kappa shape index (κ3) is 5.32. The van der Waals surface area contributed by atoms with Gasteiger partial charge in [-0.05, 0) is 30.5 Å². The number of rotatable bonds is 8. The maximum absolute atomic E-state index is 13.3. The Morgan fingerprint density at radius 2 is 1.91 bits per heavy atom. The van der Waals surface area contributed by atoms with Crippen molar-refractivity contribution in [1.29, 1.82) is 0 Å². The second-order valence-corrected chi connectivity index (χ2v) is 11.2. The summed E-state index contributed by atoms with van der Waals surface area (Å²) in [5.74, 6) is -1.06. The molecule has 1 aliphatic rings. The summed E-state index contributed by atoms with van der Waals surface area (Å²) < 4.78 is 32.1. The van der Waals surface area contributed by atoms with E-state index >= 15 is 0 Å². The number of ether oxygens (including phenoxy) is 1. The molecule has 1 amide bonds. The van der Waals surface area contributed by atoms with Gasteiger partial charge >= 0.3 is 0 Å². The molecule has 0 radical (unpaired) electrons. The number of thiazole rings is 1. The average molecular weight is 492 g/mol. The zero-order chi connectivity index (χ0) is 22.6. The summed E-state index contributed by atoms with van der Waals surface area (Å²) in [7, 11) is -3.75. The predicted octanol–water partition coefficient (Wildman–Crippen LogP) is 3.16. The lowest BCUT2D eigenvalue weighted by Crippen LogP contribution is -2.44. The fourth-order valence-electron chi connectivity index (χ4n) is 3.54. The number of anilines is 1. The summed E-state index contributed by atoms with van der Waals surface area (Å²) in [6, 6.07) is 14.0. The van der Waals surface area contributed by atoms with Gasteiger partial charge in [0.25, 0.3) is 0 Å².